The lowest BCUT2D eigenvalue weighted by molar-refractivity contribution is 0.0528. The first kappa shape index (κ1) is 14.7. The number of anilines is 2. The van der Waals surface area contributed by atoms with Crippen molar-refractivity contribution in [2.24, 2.45) is 0 Å². The predicted molar refractivity (Wildman–Crippen MR) is 72.1 cm³/mol. The normalized spacial score (nSPS) is 10.4. The predicted octanol–water partition coefficient (Wildman–Crippen LogP) is 1.11. The van der Waals surface area contributed by atoms with Crippen LogP contribution in [0.1, 0.15) is 30.6 Å². The van der Waals surface area contributed by atoms with E-state index in [9.17, 15) is 4.79 Å². The monoisotopic (exact) mass is 273 g/mol. The van der Waals surface area contributed by atoms with Crippen molar-refractivity contribution in [1.29, 1.82) is 0 Å². The average Bonchev–Trinajstić information content (AvgIpc) is 2.71. The Labute approximate surface area is 111 Å². The Kier molecular flexibility index (Phi) is 5.87. The summed E-state index contributed by atoms with van der Waals surface area (Å²) < 4.78 is 8.97. The molecule has 0 atom stereocenters. The van der Waals surface area contributed by atoms with Gasteiger partial charge in [-0.3, -0.25) is 0 Å². The molecule has 0 aliphatic rings. The Morgan fingerprint density at radius 3 is 2.78 bits per heavy atom. The highest BCUT2D eigenvalue weighted by Crippen LogP contribution is 2.31. The number of carbonyl (C=O) groups excluding carboxylic acids is 1. The topological polar surface area (TPSA) is 88.7 Å². The summed E-state index contributed by atoms with van der Waals surface area (Å²) in [4.78, 5) is 13.7. The summed E-state index contributed by atoms with van der Waals surface area (Å²) in [6.45, 7) is 5.25. The van der Waals surface area contributed by atoms with Gasteiger partial charge in [-0.1, -0.05) is 6.92 Å². The third-order valence-electron chi connectivity index (χ3n) is 2.33. The molecule has 0 fully saturated rings. The number of hydrogen-bond donors (Lipinski definition) is 2. The zero-order valence-corrected chi connectivity index (χ0v) is 11.5. The van der Waals surface area contributed by atoms with Crippen molar-refractivity contribution < 1.29 is 14.6 Å². The fourth-order valence-corrected chi connectivity index (χ4v) is 2.46. The summed E-state index contributed by atoms with van der Waals surface area (Å²) in [6, 6.07) is 0. The van der Waals surface area contributed by atoms with E-state index in [0.717, 1.165) is 24.5 Å². The number of esters is 1. The highest BCUT2D eigenvalue weighted by Gasteiger charge is 2.24. The Bertz CT molecular complexity index is 389. The van der Waals surface area contributed by atoms with E-state index in [0.29, 0.717) is 23.7 Å². The molecule has 18 heavy (non-hydrogen) atoms. The van der Waals surface area contributed by atoms with Crippen molar-refractivity contribution in [1.82, 2.24) is 4.37 Å². The van der Waals surface area contributed by atoms with Gasteiger partial charge in [0.15, 0.2) is 5.82 Å². The second-order valence-corrected chi connectivity index (χ2v) is 4.43. The van der Waals surface area contributed by atoms with Crippen molar-refractivity contribution in [2.45, 2.75) is 20.3 Å². The van der Waals surface area contributed by atoms with Crippen molar-refractivity contribution in [3.05, 3.63) is 5.56 Å². The zero-order valence-electron chi connectivity index (χ0n) is 10.7. The van der Waals surface area contributed by atoms with Crippen LogP contribution in [0.25, 0.3) is 0 Å². The molecule has 1 aromatic rings. The standard InChI is InChI=1S/C11H19N3O3S/c1-3-5-14(6-7-15)10-8(9(12)13-18-10)11(16)17-4-2/h15H,3-7H2,1-2H3,(H2,12,13). The second-order valence-electron chi connectivity index (χ2n) is 3.68. The molecule has 1 rings (SSSR count). The minimum atomic E-state index is -0.460. The fourth-order valence-electron chi connectivity index (χ4n) is 1.61. The highest BCUT2D eigenvalue weighted by atomic mass is 32.1. The lowest BCUT2D eigenvalue weighted by Gasteiger charge is -2.21. The number of nitrogens with zero attached hydrogens (tertiary/aromatic N) is 2. The van der Waals surface area contributed by atoms with E-state index in [1.54, 1.807) is 6.92 Å². The van der Waals surface area contributed by atoms with Gasteiger partial charge < -0.3 is 20.5 Å². The zero-order chi connectivity index (χ0) is 13.5. The average molecular weight is 273 g/mol. The summed E-state index contributed by atoms with van der Waals surface area (Å²) in [5.41, 5.74) is 6.02. The number of aliphatic hydroxyl groups is 1. The number of aliphatic hydroxyl groups excluding tert-OH is 1. The van der Waals surface area contributed by atoms with E-state index in [1.807, 2.05) is 11.8 Å². The van der Waals surface area contributed by atoms with Crippen LogP contribution in [0.2, 0.25) is 0 Å². The van der Waals surface area contributed by atoms with Crippen molar-refractivity contribution in [3.8, 4) is 0 Å². The molecule has 3 N–H and O–H groups in total. The van der Waals surface area contributed by atoms with E-state index in [4.69, 9.17) is 15.6 Å². The van der Waals surface area contributed by atoms with Crippen LogP contribution in [0.15, 0.2) is 0 Å². The maximum atomic E-state index is 11.8. The molecule has 0 amide bonds. The minimum absolute atomic E-state index is 0.0140. The van der Waals surface area contributed by atoms with Gasteiger partial charge in [-0.15, -0.1) is 0 Å². The molecule has 0 radical (unpaired) electrons. The van der Waals surface area contributed by atoms with Crippen LogP contribution in [0.4, 0.5) is 10.8 Å². The first-order valence-electron chi connectivity index (χ1n) is 5.93. The highest BCUT2D eigenvalue weighted by molar-refractivity contribution is 7.11. The van der Waals surface area contributed by atoms with E-state index in [-0.39, 0.29) is 12.4 Å². The van der Waals surface area contributed by atoms with Gasteiger partial charge in [0.05, 0.1) is 13.2 Å². The molecule has 1 aromatic heterocycles. The smallest absolute Gasteiger partial charge is 0.345 e. The molecule has 0 spiro atoms. The Hall–Kier alpha value is -1.34. The molecule has 0 aromatic carbocycles. The molecule has 6 nitrogen and oxygen atoms in total. The number of rotatable bonds is 7. The molecular weight excluding hydrogens is 254 g/mol. The molecule has 0 saturated carbocycles. The second kappa shape index (κ2) is 7.17. The molecule has 0 aliphatic carbocycles. The maximum absolute atomic E-state index is 11.8. The van der Waals surface area contributed by atoms with Crippen LogP contribution in [-0.4, -0.2) is 41.8 Å². The third-order valence-corrected chi connectivity index (χ3v) is 3.25. The number of carbonyl (C=O) groups is 1. The molecule has 0 bridgehead atoms. The summed E-state index contributed by atoms with van der Waals surface area (Å²) in [5, 5.41) is 9.73. The summed E-state index contributed by atoms with van der Waals surface area (Å²) in [5.74, 6) is -0.273. The summed E-state index contributed by atoms with van der Waals surface area (Å²) in [6.07, 6.45) is 0.903. The molecule has 7 heteroatoms. The molecule has 0 saturated heterocycles. The van der Waals surface area contributed by atoms with Gasteiger partial charge in [-0.2, -0.15) is 4.37 Å². The Balaban J connectivity index is 3.02. The molecule has 0 unspecified atom stereocenters. The van der Waals surface area contributed by atoms with Crippen molar-refractivity contribution in [2.75, 3.05) is 36.9 Å². The van der Waals surface area contributed by atoms with E-state index < -0.39 is 5.97 Å². The fraction of sp³-hybridized carbons (Fsp3) is 0.636. The van der Waals surface area contributed by atoms with Crippen LogP contribution in [-0.2, 0) is 4.74 Å². The van der Waals surface area contributed by atoms with Crippen molar-refractivity contribution >= 4 is 28.3 Å². The van der Waals surface area contributed by atoms with Gasteiger partial charge >= 0.3 is 5.97 Å². The van der Waals surface area contributed by atoms with Gasteiger partial charge in [-0.05, 0) is 24.9 Å². The largest absolute Gasteiger partial charge is 0.462 e. The number of ether oxygens (including phenoxy) is 1. The molecule has 1 heterocycles. The summed E-state index contributed by atoms with van der Waals surface area (Å²) >= 11 is 1.16. The third kappa shape index (κ3) is 3.33. The van der Waals surface area contributed by atoms with Crippen LogP contribution in [0.3, 0.4) is 0 Å². The van der Waals surface area contributed by atoms with Crippen LogP contribution < -0.4 is 10.6 Å². The van der Waals surface area contributed by atoms with E-state index in [1.165, 1.54) is 0 Å². The van der Waals surface area contributed by atoms with Crippen molar-refractivity contribution in [3.63, 3.8) is 0 Å². The quantitative estimate of drug-likeness (QED) is 0.723. The van der Waals surface area contributed by atoms with Crippen LogP contribution in [0, 0.1) is 0 Å². The van der Waals surface area contributed by atoms with Crippen LogP contribution in [0.5, 0.6) is 0 Å². The van der Waals surface area contributed by atoms with Gasteiger partial charge in [-0.25, -0.2) is 4.79 Å². The van der Waals surface area contributed by atoms with E-state index in [2.05, 4.69) is 4.37 Å². The van der Waals surface area contributed by atoms with Gasteiger partial charge in [0.1, 0.15) is 10.6 Å². The van der Waals surface area contributed by atoms with Crippen LogP contribution >= 0.6 is 11.5 Å². The number of nitrogen functional groups attached to an aromatic ring is 1. The Morgan fingerprint density at radius 1 is 1.50 bits per heavy atom. The van der Waals surface area contributed by atoms with Gasteiger partial charge in [0.25, 0.3) is 0 Å². The first-order valence-corrected chi connectivity index (χ1v) is 6.71. The summed E-state index contributed by atoms with van der Waals surface area (Å²) in [7, 11) is 0. The molecule has 0 aliphatic heterocycles. The SMILES string of the molecule is CCCN(CCO)c1snc(N)c1C(=O)OCC. The van der Waals surface area contributed by atoms with E-state index >= 15 is 0 Å². The number of nitrogens with two attached hydrogens (primary N) is 1. The maximum Gasteiger partial charge on any atom is 0.345 e. The number of aromatic nitrogens is 1. The molecule has 102 valence electrons. The van der Waals surface area contributed by atoms with Gasteiger partial charge in [0, 0.05) is 13.1 Å². The lowest BCUT2D eigenvalue weighted by Crippen LogP contribution is -2.28. The first-order chi connectivity index (χ1) is 8.65. The number of hydrogen-bond acceptors (Lipinski definition) is 7. The van der Waals surface area contributed by atoms with Gasteiger partial charge in [0.2, 0.25) is 0 Å². The molecular formula is C11H19N3O3S. The Morgan fingerprint density at radius 2 is 2.22 bits per heavy atom. The minimum Gasteiger partial charge on any atom is -0.462 e. The lowest BCUT2D eigenvalue weighted by atomic mass is 10.3.